The van der Waals surface area contributed by atoms with Gasteiger partial charge in [0, 0.05) is 19.4 Å². The molecule has 0 amide bonds. The fourth-order valence-electron chi connectivity index (χ4n) is 2.91. The zero-order valence-electron chi connectivity index (χ0n) is 12.5. The summed E-state index contributed by atoms with van der Waals surface area (Å²) in [4.78, 5) is 12.2. The molecular formula is C17H22O4. The van der Waals surface area contributed by atoms with Gasteiger partial charge in [-0.1, -0.05) is 19.4 Å². The van der Waals surface area contributed by atoms with Crippen LogP contribution in [0.2, 0.25) is 0 Å². The van der Waals surface area contributed by atoms with Crippen LogP contribution >= 0.6 is 0 Å². The Morgan fingerprint density at radius 1 is 1.24 bits per heavy atom. The van der Waals surface area contributed by atoms with E-state index in [9.17, 15) is 4.79 Å². The lowest BCUT2D eigenvalue weighted by molar-refractivity contribution is -0.148. The number of benzene rings is 1. The fraction of sp³-hybridized carbons (Fsp3) is 0.588. The van der Waals surface area contributed by atoms with E-state index in [1.165, 1.54) is 0 Å². The van der Waals surface area contributed by atoms with Crippen LogP contribution in [0.25, 0.3) is 0 Å². The second kappa shape index (κ2) is 6.06. The van der Waals surface area contributed by atoms with Crippen molar-refractivity contribution in [1.29, 1.82) is 0 Å². The van der Waals surface area contributed by atoms with Crippen LogP contribution < -0.4 is 4.74 Å². The predicted molar refractivity (Wildman–Crippen MR) is 78.2 cm³/mol. The van der Waals surface area contributed by atoms with Crippen molar-refractivity contribution in [2.45, 2.75) is 57.8 Å². The third kappa shape index (κ3) is 3.05. The maximum atomic E-state index is 12.2. The van der Waals surface area contributed by atoms with Gasteiger partial charge in [-0.05, 0) is 37.0 Å². The summed E-state index contributed by atoms with van der Waals surface area (Å²) in [6.07, 6.45) is 5.85. The first-order valence-electron chi connectivity index (χ1n) is 7.85. The lowest BCUT2D eigenvalue weighted by Crippen LogP contribution is -2.42. The van der Waals surface area contributed by atoms with Crippen molar-refractivity contribution in [3.8, 4) is 5.75 Å². The molecule has 1 aromatic rings. The highest BCUT2D eigenvalue weighted by Gasteiger charge is 2.44. The van der Waals surface area contributed by atoms with E-state index in [4.69, 9.17) is 14.2 Å². The minimum Gasteiger partial charge on any atom is -0.451 e. The highest BCUT2D eigenvalue weighted by atomic mass is 16.7. The van der Waals surface area contributed by atoms with Crippen LogP contribution in [0, 0.1) is 0 Å². The van der Waals surface area contributed by atoms with Crippen molar-refractivity contribution >= 4 is 5.97 Å². The Labute approximate surface area is 125 Å². The van der Waals surface area contributed by atoms with Gasteiger partial charge in [-0.3, -0.25) is 0 Å². The largest absolute Gasteiger partial charge is 0.451 e. The van der Waals surface area contributed by atoms with Gasteiger partial charge in [-0.15, -0.1) is 0 Å². The molecule has 1 aliphatic carbocycles. The van der Waals surface area contributed by atoms with Gasteiger partial charge >= 0.3 is 5.97 Å². The Morgan fingerprint density at radius 3 is 2.81 bits per heavy atom. The van der Waals surface area contributed by atoms with E-state index in [0.29, 0.717) is 17.9 Å². The molecular weight excluding hydrogens is 268 g/mol. The maximum absolute atomic E-state index is 12.2. The molecule has 21 heavy (non-hydrogen) atoms. The number of hydrogen-bond acceptors (Lipinski definition) is 4. The summed E-state index contributed by atoms with van der Waals surface area (Å²) in [6.45, 7) is 3.40. The molecule has 0 saturated heterocycles. The predicted octanol–water partition coefficient (Wildman–Crippen LogP) is 3.82. The molecule has 1 aliphatic heterocycles. The van der Waals surface area contributed by atoms with E-state index in [2.05, 4.69) is 6.92 Å². The quantitative estimate of drug-likeness (QED) is 0.611. The monoisotopic (exact) mass is 290 g/mol. The van der Waals surface area contributed by atoms with E-state index >= 15 is 0 Å². The zero-order chi connectivity index (χ0) is 14.7. The average Bonchev–Trinajstić information content (AvgIpc) is 2.92. The van der Waals surface area contributed by atoms with Crippen LogP contribution in [0.1, 0.15) is 61.4 Å². The van der Waals surface area contributed by atoms with Gasteiger partial charge in [-0.25, -0.2) is 4.79 Å². The second-order valence-electron chi connectivity index (χ2n) is 5.85. The summed E-state index contributed by atoms with van der Waals surface area (Å²) in [5.74, 6) is -0.331. The molecule has 3 rings (SSSR count). The van der Waals surface area contributed by atoms with Crippen molar-refractivity contribution in [3.63, 3.8) is 0 Å². The summed E-state index contributed by atoms with van der Waals surface area (Å²) >= 11 is 0. The molecule has 1 saturated carbocycles. The third-order valence-corrected chi connectivity index (χ3v) is 4.11. The number of ether oxygens (including phenoxy) is 3. The molecule has 4 nitrogen and oxygen atoms in total. The van der Waals surface area contributed by atoms with E-state index in [-0.39, 0.29) is 5.97 Å². The second-order valence-corrected chi connectivity index (χ2v) is 5.85. The van der Waals surface area contributed by atoms with Gasteiger partial charge in [0.1, 0.15) is 11.3 Å². The number of carbonyl (C=O) groups is 1. The molecule has 0 atom stereocenters. The first-order chi connectivity index (χ1) is 10.2. The summed E-state index contributed by atoms with van der Waals surface area (Å²) in [5, 5.41) is 0. The first-order valence-corrected chi connectivity index (χ1v) is 7.85. The molecule has 4 heteroatoms. The molecule has 0 bridgehead atoms. The number of unbranched alkanes of at least 4 members (excludes halogenated alkanes) is 1. The Morgan fingerprint density at radius 2 is 2.05 bits per heavy atom. The molecule has 2 aliphatic rings. The molecule has 1 aromatic carbocycles. The van der Waals surface area contributed by atoms with Gasteiger partial charge in [-0.2, -0.15) is 0 Å². The van der Waals surface area contributed by atoms with E-state index in [1.54, 1.807) is 0 Å². The normalized spacial score (nSPS) is 19.2. The molecule has 1 heterocycles. The third-order valence-electron chi connectivity index (χ3n) is 4.11. The maximum Gasteiger partial charge on any atom is 0.345 e. The van der Waals surface area contributed by atoms with E-state index < -0.39 is 5.79 Å². The molecule has 0 aromatic heterocycles. The molecule has 114 valence electrons. The van der Waals surface area contributed by atoms with Crippen LogP contribution in [0.4, 0.5) is 0 Å². The lowest BCUT2D eigenvalue weighted by atomic mass is 10.1. The standard InChI is InChI=1S/C17H22O4/c1-2-3-10-19-12-13-6-7-15-14(11-13)16(18)21-17(20-15)8-4-5-9-17/h6-7,11H,2-5,8-10,12H2,1H3. The van der Waals surface area contributed by atoms with Gasteiger partial charge in [0.15, 0.2) is 0 Å². The summed E-state index contributed by atoms with van der Waals surface area (Å²) in [5.41, 5.74) is 1.50. The van der Waals surface area contributed by atoms with Gasteiger partial charge in [0.25, 0.3) is 5.79 Å². The average molecular weight is 290 g/mol. The van der Waals surface area contributed by atoms with Crippen molar-refractivity contribution in [1.82, 2.24) is 0 Å². The smallest absolute Gasteiger partial charge is 0.345 e. The lowest BCUT2D eigenvalue weighted by Gasteiger charge is -2.34. The Kier molecular flexibility index (Phi) is 4.15. The topological polar surface area (TPSA) is 44.8 Å². The number of esters is 1. The van der Waals surface area contributed by atoms with Crippen molar-refractivity contribution < 1.29 is 19.0 Å². The molecule has 1 fully saturated rings. The molecule has 0 radical (unpaired) electrons. The van der Waals surface area contributed by atoms with Gasteiger partial charge in [0.05, 0.1) is 6.61 Å². The SMILES string of the molecule is CCCCOCc1ccc2c(c1)C(=O)OC1(CCCC1)O2. The highest BCUT2D eigenvalue weighted by molar-refractivity contribution is 5.93. The Balaban J connectivity index is 1.71. The minimum atomic E-state index is -0.705. The first kappa shape index (κ1) is 14.4. The molecule has 1 spiro atoms. The van der Waals surface area contributed by atoms with Gasteiger partial charge in [0.2, 0.25) is 0 Å². The number of rotatable bonds is 5. The zero-order valence-corrected chi connectivity index (χ0v) is 12.5. The van der Waals surface area contributed by atoms with Crippen LogP contribution in [0.3, 0.4) is 0 Å². The van der Waals surface area contributed by atoms with E-state index in [1.807, 2.05) is 18.2 Å². The van der Waals surface area contributed by atoms with Crippen LogP contribution in [-0.4, -0.2) is 18.4 Å². The number of fused-ring (bicyclic) bond motifs is 1. The minimum absolute atomic E-state index is 0.270. The number of carbonyl (C=O) groups excluding carboxylic acids is 1. The Bertz CT molecular complexity index is 518. The molecule has 0 unspecified atom stereocenters. The molecule has 0 N–H and O–H groups in total. The van der Waals surface area contributed by atoms with Crippen LogP contribution in [-0.2, 0) is 16.1 Å². The van der Waals surface area contributed by atoms with Gasteiger partial charge < -0.3 is 14.2 Å². The number of hydrogen-bond donors (Lipinski definition) is 0. The summed E-state index contributed by atoms with van der Waals surface area (Å²) in [6, 6.07) is 5.66. The van der Waals surface area contributed by atoms with Crippen molar-refractivity contribution in [2.24, 2.45) is 0 Å². The highest BCUT2D eigenvalue weighted by Crippen LogP contribution is 2.41. The van der Waals surface area contributed by atoms with Crippen molar-refractivity contribution in [2.75, 3.05) is 6.61 Å². The summed E-state index contributed by atoms with van der Waals surface area (Å²) in [7, 11) is 0. The van der Waals surface area contributed by atoms with Crippen LogP contribution in [0.5, 0.6) is 5.75 Å². The van der Waals surface area contributed by atoms with E-state index in [0.717, 1.165) is 50.7 Å². The van der Waals surface area contributed by atoms with Crippen LogP contribution in [0.15, 0.2) is 18.2 Å². The Hall–Kier alpha value is -1.55. The fourth-order valence-corrected chi connectivity index (χ4v) is 2.91. The van der Waals surface area contributed by atoms with Crippen molar-refractivity contribution in [3.05, 3.63) is 29.3 Å². The summed E-state index contributed by atoms with van der Waals surface area (Å²) < 4.78 is 17.1.